The molecule has 2 aromatic rings. The number of ether oxygens (including phenoxy) is 1. The van der Waals surface area contributed by atoms with Crippen molar-refractivity contribution in [3.63, 3.8) is 0 Å². The van der Waals surface area contributed by atoms with Gasteiger partial charge in [-0.15, -0.1) is 0 Å². The van der Waals surface area contributed by atoms with Crippen LogP contribution in [0.25, 0.3) is 0 Å². The maximum absolute atomic E-state index is 11.9. The molecule has 0 spiro atoms. The van der Waals surface area contributed by atoms with Crippen molar-refractivity contribution in [2.45, 2.75) is 19.4 Å². The number of nitrogens with one attached hydrogen (secondary N) is 2. The van der Waals surface area contributed by atoms with E-state index in [9.17, 15) is 9.59 Å². The number of hydrogen-bond acceptors (Lipinski definition) is 3. The third-order valence-electron chi connectivity index (χ3n) is 3.74. The SMILES string of the molecule is O=C(COc1ccc(Cl)cc1)NCc1ccc2c(c1)CCC(=O)N2. The van der Waals surface area contributed by atoms with Gasteiger partial charge in [0.2, 0.25) is 5.91 Å². The lowest BCUT2D eigenvalue weighted by Crippen LogP contribution is -2.28. The number of carbonyl (C=O) groups excluding carboxylic acids is 2. The number of hydrogen-bond donors (Lipinski definition) is 2. The molecule has 0 fully saturated rings. The lowest BCUT2D eigenvalue weighted by atomic mass is 10.0. The van der Waals surface area contributed by atoms with E-state index in [4.69, 9.17) is 16.3 Å². The second kappa shape index (κ2) is 7.36. The van der Waals surface area contributed by atoms with Crippen LogP contribution in [0, 0.1) is 0 Å². The molecule has 2 N–H and O–H groups in total. The summed E-state index contributed by atoms with van der Waals surface area (Å²) in [4.78, 5) is 23.2. The molecule has 0 aromatic heterocycles. The molecule has 24 heavy (non-hydrogen) atoms. The zero-order chi connectivity index (χ0) is 16.9. The Morgan fingerprint density at radius 1 is 1.17 bits per heavy atom. The summed E-state index contributed by atoms with van der Waals surface area (Å²) in [7, 11) is 0. The highest BCUT2D eigenvalue weighted by molar-refractivity contribution is 6.30. The normalized spacial score (nSPS) is 13.0. The molecule has 1 aliphatic rings. The third kappa shape index (κ3) is 4.26. The first-order valence-electron chi connectivity index (χ1n) is 7.67. The number of fused-ring (bicyclic) bond motifs is 1. The van der Waals surface area contributed by atoms with E-state index in [0.717, 1.165) is 23.2 Å². The third-order valence-corrected chi connectivity index (χ3v) is 3.99. The molecule has 0 aliphatic carbocycles. The van der Waals surface area contributed by atoms with Crippen LogP contribution < -0.4 is 15.4 Å². The van der Waals surface area contributed by atoms with Crippen molar-refractivity contribution in [3.05, 3.63) is 58.6 Å². The number of aryl methyl sites for hydroxylation is 1. The van der Waals surface area contributed by atoms with Crippen molar-refractivity contribution in [1.82, 2.24) is 5.32 Å². The minimum atomic E-state index is -0.198. The van der Waals surface area contributed by atoms with E-state index in [-0.39, 0.29) is 18.4 Å². The molecule has 6 heteroatoms. The van der Waals surface area contributed by atoms with Crippen LogP contribution in [0.1, 0.15) is 17.5 Å². The Bertz CT molecular complexity index is 759. The minimum Gasteiger partial charge on any atom is -0.484 e. The van der Waals surface area contributed by atoms with Gasteiger partial charge in [0, 0.05) is 23.7 Å². The van der Waals surface area contributed by atoms with E-state index >= 15 is 0 Å². The molecule has 2 amide bonds. The predicted octanol–water partition coefficient (Wildman–Crippen LogP) is 2.92. The molecule has 0 saturated heterocycles. The molecular formula is C18H17ClN2O3. The fourth-order valence-corrected chi connectivity index (χ4v) is 2.60. The molecule has 1 heterocycles. The molecule has 3 rings (SSSR count). The second-order valence-corrected chi connectivity index (χ2v) is 6.00. The first kappa shape index (κ1) is 16.3. The van der Waals surface area contributed by atoms with Gasteiger partial charge in [-0.05, 0) is 47.9 Å². The number of rotatable bonds is 5. The molecule has 5 nitrogen and oxygen atoms in total. The van der Waals surface area contributed by atoms with Crippen LogP contribution in [0.5, 0.6) is 5.75 Å². The maximum atomic E-state index is 11.9. The summed E-state index contributed by atoms with van der Waals surface area (Å²) in [6, 6.07) is 12.6. The average molecular weight is 345 g/mol. The molecular weight excluding hydrogens is 328 g/mol. The van der Waals surface area contributed by atoms with E-state index in [1.54, 1.807) is 24.3 Å². The fraction of sp³-hybridized carbons (Fsp3) is 0.222. The minimum absolute atomic E-state index is 0.0444. The Hall–Kier alpha value is -2.53. The summed E-state index contributed by atoms with van der Waals surface area (Å²) in [5, 5.41) is 6.28. The van der Waals surface area contributed by atoms with Gasteiger partial charge in [0.1, 0.15) is 5.75 Å². The molecule has 0 radical (unpaired) electrons. The molecule has 0 bridgehead atoms. The highest BCUT2D eigenvalue weighted by Gasteiger charge is 2.14. The van der Waals surface area contributed by atoms with Gasteiger partial charge in [-0.25, -0.2) is 0 Å². The largest absolute Gasteiger partial charge is 0.484 e. The van der Waals surface area contributed by atoms with Gasteiger partial charge in [-0.3, -0.25) is 9.59 Å². The van der Waals surface area contributed by atoms with Crippen molar-refractivity contribution in [2.24, 2.45) is 0 Å². The average Bonchev–Trinajstić information content (AvgIpc) is 2.59. The highest BCUT2D eigenvalue weighted by atomic mass is 35.5. The number of anilines is 1. The smallest absolute Gasteiger partial charge is 0.258 e. The van der Waals surface area contributed by atoms with Crippen molar-refractivity contribution in [2.75, 3.05) is 11.9 Å². The summed E-state index contributed by atoms with van der Waals surface area (Å²) >= 11 is 5.79. The summed E-state index contributed by atoms with van der Waals surface area (Å²) in [5.41, 5.74) is 2.94. The zero-order valence-electron chi connectivity index (χ0n) is 13.0. The van der Waals surface area contributed by atoms with Gasteiger partial charge in [-0.2, -0.15) is 0 Å². The predicted molar refractivity (Wildman–Crippen MR) is 92.2 cm³/mol. The van der Waals surface area contributed by atoms with Gasteiger partial charge >= 0.3 is 0 Å². The fourth-order valence-electron chi connectivity index (χ4n) is 2.48. The molecule has 0 saturated carbocycles. The standard InChI is InChI=1S/C18H17ClN2O3/c19-14-3-5-15(6-4-14)24-11-18(23)20-10-12-1-7-16-13(9-12)2-8-17(22)21-16/h1,3-7,9H,2,8,10-11H2,(H,20,23)(H,21,22). The highest BCUT2D eigenvalue weighted by Crippen LogP contribution is 2.23. The molecule has 2 aromatic carbocycles. The van der Waals surface area contributed by atoms with Gasteiger partial charge in [0.25, 0.3) is 5.91 Å². The number of carbonyl (C=O) groups is 2. The number of amides is 2. The van der Waals surface area contributed by atoms with E-state index in [1.165, 1.54) is 0 Å². The number of benzene rings is 2. The Balaban J connectivity index is 1.49. The topological polar surface area (TPSA) is 67.4 Å². The monoisotopic (exact) mass is 344 g/mol. The van der Waals surface area contributed by atoms with Crippen molar-refractivity contribution >= 4 is 29.1 Å². The van der Waals surface area contributed by atoms with Crippen LogP contribution >= 0.6 is 11.6 Å². The van der Waals surface area contributed by atoms with Crippen LogP contribution in [0.3, 0.4) is 0 Å². The zero-order valence-corrected chi connectivity index (χ0v) is 13.7. The van der Waals surface area contributed by atoms with E-state index < -0.39 is 0 Å². The van der Waals surface area contributed by atoms with Crippen molar-refractivity contribution < 1.29 is 14.3 Å². The Morgan fingerprint density at radius 3 is 2.75 bits per heavy atom. The van der Waals surface area contributed by atoms with Crippen LogP contribution in [-0.2, 0) is 22.6 Å². The molecule has 0 unspecified atom stereocenters. The Kier molecular flexibility index (Phi) is 5.01. The van der Waals surface area contributed by atoms with Crippen LogP contribution in [0.2, 0.25) is 5.02 Å². The maximum Gasteiger partial charge on any atom is 0.258 e. The van der Waals surface area contributed by atoms with E-state index in [2.05, 4.69) is 10.6 Å². The summed E-state index contributed by atoms with van der Waals surface area (Å²) in [5.74, 6) is 0.443. The van der Waals surface area contributed by atoms with Gasteiger partial charge in [0.15, 0.2) is 6.61 Å². The first-order chi connectivity index (χ1) is 11.6. The van der Waals surface area contributed by atoms with Crippen LogP contribution in [-0.4, -0.2) is 18.4 Å². The van der Waals surface area contributed by atoms with Gasteiger partial charge < -0.3 is 15.4 Å². The quantitative estimate of drug-likeness (QED) is 0.876. The summed E-state index contributed by atoms with van der Waals surface area (Å²) in [6.45, 7) is 0.368. The lowest BCUT2D eigenvalue weighted by molar-refractivity contribution is -0.123. The van der Waals surface area contributed by atoms with Crippen LogP contribution in [0.15, 0.2) is 42.5 Å². The molecule has 1 aliphatic heterocycles. The number of halogens is 1. The Morgan fingerprint density at radius 2 is 1.96 bits per heavy atom. The Labute approximate surface area is 145 Å². The van der Waals surface area contributed by atoms with Gasteiger partial charge in [0.05, 0.1) is 0 Å². The van der Waals surface area contributed by atoms with Crippen molar-refractivity contribution in [1.29, 1.82) is 0 Å². The van der Waals surface area contributed by atoms with Crippen LogP contribution in [0.4, 0.5) is 5.69 Å². The van der Waals surface area contributed by atoms with Crippen molar-refractivity contribution in [3.8, 4) is 5.75 Å². The van der Waals surface area contributed by atoms with E-state index in [1.807, 2.05) is 18.2 Å². The lowest BCUT2D eigenvalue weighted by Gasteiger charge is -2.17. The summed E-state index contributed by atoms with van der Waals surface area (Å²) < 4.78 is 5.40. The molecule has 0 atom stereocenters. The second-order valence-electron chi connectivity index (χ2n) is 5.56. The first-order valence-corrected chi connectivity index (χ1v) is 8.05. The summed E-state index contributed by atoms with van der Waals surface area (Å²) in [6.07, 6.45) is 1.22. The van der Waals surface area contributed by atoms with Gasteiger partial charge in [-0.1, -0.05) is 23.7 Å². The van der Waals surface area contributed by atoms with E-state index in [0.29, 0.717) is 23.7 Å². The molecule has 124 valence electrons.